The smallest absolute Gasteiger partial charge is 0.251 e. The molecule has 0 aromatic carbocycles. The highest BCUT2D eigenvalue weighted by Gasteiger charge is 2.24. The summed E-state index contributed by atoms with van der Waals surface area (Å²) in [5.74, 6) is 1.35. The Bertz CT molecular complexity index is 610. The van der Waals surface area contributed by atoms with Gasteiger partial charge in [-0.05, 0) is 25.1 Å². The normalized spacial score (nSPS) is 20.7. The lowest BCUT2D eigenvalue weighted by Gasteiger charge is -2.37. The molecule has 0 spiro atoms. The number of morpholine rings is 1. The second kappa shape index (κ2) is 9.48. The zero-order valence-electron chi connectivity index (χ0n) is 16.9. The lowest BCUT2D eigenvalue weighted by atomic mass is 10.0. The van der Waals surface area contributed by atoms with Crippen LogP contribution in [0.2, 0.25) is 0 Å². The summed E-state index contributed by atoms with van der Waals surface area (Å²) >= 11 is 0. The highest BCUT2D eigenvalue weighted by Crippen LogP contribution is 2.16. The van der Waals surface area contributed by atoms with Crippen LogP contribution in [0.4, 0.5) is 5.82 Å². The van der Waals surface area contributed by atoms with E-state index in [9.17, 15) is 4.79 Å². The Hall–Kier alpha value is -1.70. The van der Waals surface area contributed by atoms with Gasteiger partial charge in [0.1, 0.15) is 5.82 Å². The zero-order valence-corrected chi connectivity index (χ0v) is 16.9. The molecule has 1 N–H and O–H groups in total. The quantitative estimate of drug-likeness (QED) is 0.798. The Labute approximate surface area is 162 Å². The van der Waals surface area contributed by atoms with Gasteiger partial charge in [-0.15, -0.1) is 0 Å². The zero-order chi connectivity index (χ0) is 19.2. The number of anilines is 1. The summed E-state index contributed by atoms with van der Waals surface area (Å²) in [5.41, 5.74) is 0.684. The predicted molar refractivity (Wildman–Crippen MR) is 107 cm³/mol. The number of amides is 1. The summed E-state index contributed by atoms with van der Waals surface area (Å²) in [6, 6.07) is 4.05. The average Bonchev–Trinajstić information content (AvgIpc) is 2.69. The van der Waals surface area contributed by atoms with Gasteiger partial charge in [0, 0.05) is 63.6 Å². The molecule has 1 aromatic rings. The van der Waals surface area contributed by atoms with E-state index < -0.39 is 0 Å². The molecule has 7 heteroatoms. The van der Waals surface area contributed by atoms with Crippen LogP contribution in [-0.4, -0.2) is 92.8 Å². The Kier molecular flexibility index (Phi) is 7.04. The van der Waals surface area contributed by atoms with Crippen molar-refractivity contribution in [1.82, 2.24) is 20.1 Å². The van der Waals surface area contributed by atoms with E-state index in [2.05, 4.69) is 45.9 Å². The summed E-state index contributed by atoms with van der Waals surface area (Å²) in [6.07, 6.45) is 1.74. The van der Waals surface area contributed by atoms with Crippen LogP contribution in [0, 0.1) is 5.92 Å². The minimum atomic E-state index is -0.0216. The molecular weight excluding hydrogens is 342 g/mol. The summed E-state index contributed by atoms with van der Waals surface area (Å²) < 4.78 is 5.46. The molecule has 2 fully saturated rings. The molecule has 3 heterocycles. The first-order valence-electron chi connectivity index (χ1n) is 10.0. The van der Waals surface area contributed by atoms with Crippen molar-refractivity contribution < 1.29 is 9.53 Å². The van der Waals surface area contributed by atoms with Crippen LogP contribution in [0.1, 0.15) is 24.2 Å². The first-order valence-corrected chi connectivity index (χ1v) is 10.0. The second-order valence-electron chi connectivity index (χ2n) is 7.86. The standard InChI is InChI=1S/C20H33N5O2/c1-16(2)18(24-10-12-27-13-11-24)15-22-20(26)17-4-5-21-19(14-17)25-8-6-23(3)7-9-25/h4-5,14,16,18H,6-13,15H2,1-3H3,(H,22,26)/t18-/m0/s1. The van der Waals surface area contributed by atoms with Gasteiger partial charge in [-0.1, -0.05) is 13.8 Å². The molecule has 0 bridgehead atoms. The second-order valence-corrected chi connectivity index (χ2v) is 7.86. The maximum absolute atomic E-state index is 12.7. The fourth-order valence-electron chi connectivity index (χ4n) is 3.76. The lowest BCUT2D eigenvalue weighted by Crippen LogP contribution is -2.51. The van der Waals surface area contributed by atoms with E-state index in [4.69, 9.17) is 4.74 Å². The Morgan fingerprint density at radius 1 is 1.19 bits per heavy atom. The van der Waals surface area contributed by atoms with E-state index in [1.807, 2.05) is 6.07 Å². The minimum Gasteiger partial charge on any atom is -0.379 e. The lowest BCUT2D eigenvalue weighted by molar-refractivity contribution is 0.00673. The number of piperazine rings is 1. The summed E-state index contributed by atoms with van der Waals surface area (Å²) in [4.78, 5) is 24.2. The van der Waals surface area contributed by atoms with Crippen molar-refractivity contribution in [2.24, 2.45) is 5.92 Å². The summed E-state index contributed by atoms with van der Waals surface area (Å²) in [6.45, 7) is 12.4. The van der Waals surface area contributed by atoms with Crippen LogP contribution in [-0.2, 0) is 4.74 Å². The molecule has 1 aromatic heterocycles. The molecular formula is C20H33N5O2. The van der Waals surface area contributed by atoms with Crippen LogP contribution < -0.4 is 10.2 Å². The molecule has 0 radical (unpaired) electrons. The van der Waals surface area contributed by atoms with E-state index in [0.717, 1.165) is 58.3 Å². The average molecular weight is 376 g/mol. The Morgan fingerprint density at radius 3 is 2.56 bits per heavy atom. The van der Waals surface area contributed by atoms with E-state index in [0.29, 0.717) is 24.1 Å². The van der Waals surface area contributed by atoms with Crippen molar-refractivity contribution in [2.75, 3.05) is 71.0 Å². The van der Waals surface area contributed by atoms with Crippen molar-refractivity contribution in [3.8, 4) is 0 Å². The number of pyridine rings is 1. The molecule has 2 aliphatic rings. The maximum atomic E-state index is 12.7. The van der Waals surface area contributed by atoms with Crippen LogP contribution in [0.5, 0.6) is 0 Å². The van der Waals surface area contributed by atoms with Crippen molar-refractivity contribution in [3.63, 3.8) is 0 Å². The van der Waals surface area contributed by atoms with E-state index in [-0.39, 0.29) is 5.91 Å². The molecule has 0 aliphatic carbocycles. The molecule has 2 saturated heterocycles. The van der Waals surface area contributed by atoms with Crippen molar-refractivity contribution >= 4 is 11.7 Å². The Balaban J connectivity index is 1.59. The number of hydrogen-bond donors (Lipinski definition) is 1. The monoisotopic (exact) mass is 375 g/mol. The number of hydrogen-bond acceptors (Lipinski definition) is 6. The largest absolute Gasteiger partial charge is 0.379 e. The molecule has 27 heavy (non-hydrogen) atoms. The highest BCUT2D eigenvalue weighted by molar-refractivity contribution is 5.94. The number of nitrogens with one attached hydrogen (secondary N) is 1. The van der Waals surface area contributed by atoms with Crippen LogP contribution in [0.3, 0.4) is 0 Å². The van der Waals surface area contributed by atoms with Crippen LogP contribution in [0.15, 0.2) is 18.3 Å². The topological polar surface area (TPSA) is 60.9 Å². The first kappa shape index (κ1) is 20.0. The van der Waals surface area contributed by atoms with Gasteiger partial charge in [-0.25, -0.2) is 4.98 Å². The number of rotatable bonds is 6. The number of likely N-dealkylation sites (N-methyl/N-ethyl adjacent to an activating group) is 1. The molecule has 3 rings (SSSR count). The molecule has 7 nitrogen and oxygen atoms in total. The molecule has 0 saturated carbocycles. The molecule has 0 unspecified atom stereocenters. The van der Waals surface area contributed by atoms with Crippen molar-refractivity contribution in [1.29, 1.82) is 0 Å². The van der Waals surface area contributed by atoms with Gasteiger partial charge >= 0.3 is 0 Å². The third-order valence-electron chi connectivity index (χ3n) is 5.59. The van der Waals surface area contributed by atoms with E-state index in [1.165, 1.54) is 0 Å². The van der Waals surface area contributed by atoms with Crippen molar-refractivity contribution in [3.05, 3.63) is 23.9 Å². The van der Waals surface area contributed by atoms with Crippen molar-refractivity contribution in [2.45, 2.75) is 19.9 Å². The van der Waals surface area contributed by atoms with Gasteiger partial charge in [0.05, 0.1) is 13.2 Å². The molecule has 150 valence electrons. The highest BCUT2D eigenvalue weighted by atomic mass is 16.5. The summed E-state index contributed by atoms with van der Waals surface area (Å²) in [7, 11) is 2.13. The molecule has 2 aliphatic heterocycles. The maximum Gasteiger partial charge on any atom is 0.251 e. The number of ether oxygens (including phenoxy) is 1. The first-order chi connectivity index (χ1) is 13.0. The van der Waals surface area contributed by atoms with Crippen LogP contribution >= 0.6 is 0 Å². The molecule has 1 atom stereocenters. The Morgan fingerprint density at radius 2 is 1.89 bits per heavy atom. The van der Waals surface area contributed by atoms with E-state index >= 15 is 0 Å². The van der Waals surface area contributed by atoms with Gasteiger partial charge in [0.15, 0.2) is 0 Å². The number of nitrogens with zero attached hydrogens (tertiary/aromatic N) is 4. The van der Waals surface area contributed by atoms with Crippen LogP contribution in [0.25, 0.3) is 0 Å². The number of carbonyl (C=O) groups is 1. The van der Waals surface area contributed by atoms with Gasteiger partial charge in [-0.3, -0.25) is 9.69 Å². The van der Waals surface area contributed by atoms with E-state index in [1.54, 1.807) is 12.3 Å². The third-order valence-corrected chi connectivity index (χ3v) is 5.59. The fraction of sp³-hybridized carbons (Fsp3) is 0.700. The fourth-order valence-corrected chi connectivity index (χ4v) is 3.76. The van der Waals surface area contributed by atoms with Gasteiger partial charge < -0.3 is 19.9 Å². The van der Waals surface area contributed by atoms with Gasteiger partial charge in [0.2, 0.25) is 0 Å². The predicted octanol–water partition coefficient (Wildman–Crippen LogP) is 0.920. The SMILES string of the molecule is CC(C)[C@H](CNC(=O)c1ccnc(N2CCN(C)CC2)c1)N1CCOCC1. The van der Waals surface area contributed by atoms with Gasteiger partial charge in [0.25, 0.3) is 5.91 Å². The molecule has 1 amide bonds. The van der Waals surface area contributed by atoms with Gasteiger partial charge in [-0.2, -0.15) is 0 Å². The number of carbonyl (C=O) groups excluding carboxylic acids is 1. The number of aromatic nitrogens is 1. The summed E-state index contributed by atoms with van der Waals surface area (Å²) in [5, 5.41) is 3.14. The minimum absolute atomic E-state index is 0.0216. The third kappa shape index (κ3) is 5.40.